The van der Waals surface area contributed by atoms with Gasteiger partial charge in [0.2, 0.25) is 0 Å². The van der Waals surface area contributed by atoms with Crippen molar-refractivity contribution >= 4 is 5.88 Å². The highest BCUT2D eigenvalue weighted by atomic mass is 19.1. The fourth-order valence-electron chi connectivity index (χ4n) is 1.96. The van der Waals surface area contributed by atoms with E-state index in [-0.39, 0.29) is 5.76 Å². The Morgan fingerprint density at radius 2 is 1.95 bits per heavy atom. The van der Waals surface area contributed by atoms with Gasteiger partial charge < -0.3 is 4.42 Å². The fraction of sp³-hybridized carbons (Fsp3) is 0. The molecule has 0 bridgehead atoms. The molecule has 0 amide bonds. The molecule has 2 aromatic heterocycles. The summed E-state index contributed by atoms with van der Waals surface area (Å²) in [5, 5.41) is 10.7. The third-order valence-electron chi connectivity index (χ3n) is 2.88. The molecule has 3 rings (SSSR count). The summed E-state index contributed by atoms with van der Waals surface area (Å²) < 4.78 is 19.0. The fourth-order valence-corrected chi connectivity index (χ4v) is 1.96. The number of furan rings is 1. The zero-order chi connectivity index (χ0) is 14.8. The second-order valence-corrected chi connectivity index (χ2v) is 4.16. The van der Waals surface area contributed by atoms with E-state index in [9.17, 15) is 14.5 Å². The summed E-state index contributed by atoms with van der Waals surface area (Å²) in [6.07, 6.45) is 2.71. The van der Waals surface area contributed by atoms with Gasteiger partial charge in [0.05, 0.1) is 6.07 Å². The Kier molecular flexibility index (Phi) is 3.15. The smallest absolute Gasteiger partial charge is 0.399 e. The van der Waals surface area contributed by atoms with Gasteiger partial charge in [-0.25, -0.2) is 14.4 Å². The molecule has 0 fully saturated rings. The van der Waals surface area contributed by atoms with Gasteiger partial charge in [-0.15, -0.1) is 0 Å². The van der Waals surface area contributed by atoms with Crippen LogP contribution in [0.3, 0.4) is 0 Å². The van der Waals surface area contributed by atoms with Crippen LogP contribution in [0.15, 0.2) is 53.3 Å². The molecule has 2 heterocycles. The average molecular weight is 285 g/mol. The van der Waals surface area contributed by atoms with Gasteiger partial charge in [-0.1, -0.05) is 18.2 Å². The largest absolute Gasteiger partial charge is 0.433 e. The highest BCUT2D eigenvalue weighted by molar-refractivity contribution is 5.78. The number of nitro groups is 1. The first-order valence-corrected chi connectivity index (χ1v) is 5.96. The van der Waals surface area contributed by atoms with Crippen LogP contribution in [0.5, 0.6) is 0 Å². The quantitative estimate of drug-likeness (QED) is 0.543. The zero-order valence-electron chi connectivity index (χ0n) is 10.6. The monoisotopic (exact) mass is 285 g/mol. The van der Waals surface area contributed by atoms with Crippen LogP contribution >= 0.6 is 0 Å². The summed E-state index contributed by atoms with van der Waals surface area (Å²) in [5.74, 6) is -0.653. The maximum Gasteiger partial charge on any atom is 0.433 e. The van der Waals surface area contributed by atoms with Gasteiger partial charge in [0, 0.05) is 17.3 Å². The number of nitrogens with zero attached hydrogens (tertiary/aromatic N) is 3. The Hall–Kier alpha value is -3.09. The number of rotatable bonds is 3. The molecule has 0 N–H and O–H groups in total. The summed E-state index contributed by atoms with van der Waals surface area (Å²) in [5.41, 5.74) is 0.996. The molecule has 0 radical (unpaired) electrons. The molecule has 0 atom stereocenters. The maximum absolute atomic E-state index is 13.9. The van der Waals surface area contributed by atoms with E-state index in [4.69, 9.17) is 4.42 Å². The van der Waals surface area contributed by atoms with Gasteiger partial charge >= 0.3 is 5.88 Å². The molecule has 0 saturated heterocycles. The Morgan fingerprint density at radius 3 is 2.67 bits per heavy atom. The highest BCUT2D eigenvalue weighted by Gasteiger charge is 2.18. The number of benzene rings is 1. The van der Waals surface area contributed by atoms with Gasteiger partial charge in [-0.05, 0) is 12.1 Å². The van der Waals surface area contributed by atoms with E-state index in [2.05, 4.69) is 9.97 Å². The van der Waals surface area contributed by atoms with Crippen LogP contribution < -0.4 is 0 Å². The molecule has 0 aliphatic heterocycles. The molecule has 0 spiro atoms. The Balaban J connectivity index is 2.16. The molecule has 0 aliphatic carbocycles. The molecule has 0 unspecified atom stereocenters. The third kappa shape index (κ3) is 2.36. The third-order valence-corrected chi connectivity index (χ3v) is 2.88. The lowest BCUT2D eigenvalue weighted by Gasteiger charge is -2.06. The van der Waals surface area contributed by atoms with E-state index in [1.807, 2.05) is 0 Å². The SMILES string of the molecule is O=[N+]([O-])c1ccc(-c2ncncc2-c2ccccc2F)o1. The number of halogens is 1. The first kappa shape index (κ1) is 12.9. The van der Waals surface area contributed by atoms with Crippen molar-refractivity contribution in [2.24, 2.45) is 0 Å². The summed E-state index contributed by atoms with van der Waals surface area (Å²) in [7, 11) is 0. The maximum atomic E-state index is 13.9. The highest BCUT2D eigenvalue weighted by Crippen LogP contribution is 2.33. The van der Waals surface area contributed by atoms with Crippen LogP contribution in [-0.4, -0.2) is 14.9 Å². The van der Waals surface area contributed by atoms with Crippen molar-refractivity contribution in [1.29, 1.82) is 0 Å². The van der Waals surface area contributed by atoms with Gasteiger partial charge in [0.15, 0.2) is 5.76 Å². The Morgan fingerprint density at radius 1 is 1.14 bits per heavy atom. The normalized spacial score (nSPS) is 10.5. The molecular weight excluding hydrogens is 277 g/mol. The van der Waals surface area contributed by atoms with Crippen molar-refractivity contribution in [3.8, 4) is 22.6 Å². The van der Waals surface area contributed by atoms with E-state index in [0.717, 1.165) is 0 Å². The van der Waals surface area contributed by atoms with Crippen molar-refractivity contribution in [3.05, 3.63) is 64.9 Å². The Bertz CT molecular complexity index is 816. The predicted octanol–water partition coefficient (Wildman–Crippen LogP) is 3.45. The lowest BCUT2D eigenvalue weighted by atomic mass is 10.0. The van der Waals surface area contributed by atoms with Crippen LogP contribution in [0.4, 0.5) is 10.3 Å². The average Bonchev–Trinajstić information content (AvgIpc) is 2.98. The van der Waals surface area contributed by atoms with Crippen LogP contribution in [0.1, 0.15) is 0 Å². The number of aromatic nitrogens is 2. The summed E-state index contributed by atoms with van der Waals surface area (Å²) in [6.45, 7) is 0. The van der Waals surface area contributed by atoms with E-state index in [1.165, 1.54) is 30.7 Å². The standard InChI is InChI=1S/C14H8FN3O3/c15-11-4-2-1-3-9(11)10-7-16-8-17-14(10)12-5-6-13(21-12)18(19)20/h1-8H. The van der Waals surface area contributed by atoms with Gasteiger partial charge in [0.1, 0.15) is 22.8 Å². The minimum Gasteiger partial charge on any atom is -0.399 e. The number of hydrogen-bond donors (Lipinski definition) is 0. The predicted molar refractivity (Wildman–Crippen MR) is 71.8 cm³/mol. The minimum absolute atomic E-state index is 0.183. The van der Waals surface area contributed by atoms with E-state index in [1.54, 1.807) is 18.2 Å². The van der Waals surface area contributed by atoms with Crippen LogP contribution in [-0.2, 0) is 0 Å². The van der Waals surface area contributed by atoms with Gasteiger partial charge in [-0.2, -0.15) is 0 Å². The molecule has 6 nitrogen and oxygen atoms in total. The van der Waals surface area contributed by atoms with Crippen molar-refractivity contribution in [2.75, 3.05) is 0 Å². The van der Waals surface area contributed by atoms with E-state index in [0.29, 0.717) is 16.8 Å². The van der Waals surface area contributed by atoms with Gasteiger partial charge in [0.25, 0.3) is 0 Å². The summed E-state index contributed by atoms with van der Waals surface area (Å²) in [6, 6.07) is 8.79. The number of hydrogen-bond acceptors (Lipinski definition) is 5. The van der Waals surface area contributed by atoms with Crippen LogP contribution in [0.25, 0.3) is 22.6 Å². The van der Waals surface area contributed by atoms with Crippen molar-refractivity contribution in [2.45, 2.75) is 0 Å². The van der Waals surface area contributed by atoms with Crippen molar-refractivity contribution in [3.63, 3.8) is 0 Å². The summed E-state index contributed by atoms with van der Waals surface area (Å²) in [4.78, 5) is 18.0. The second-order valence-electron chi connectivity index (χ2n) is 4.16. The first-order valence-electron chi connectivity index (χ1n) is 5.96. The topological polar surface area (TPSA) is 82.1 Å². The molecule has 0 saturated carbocycles. The Labute approximate surface area is 118 Å². The lowest BCUT2D eigenvalue weighted by molar-refractivity contribution is -0.401. The van der Waals surface area contributed by atoms with E-state index < -0.39 is 16.6 Å². The molecule has 0 aliphatic rings. The van der Waals surface area contributed by atoms with Crippen LogP contribution in [0, 0.1) is 15.9 Å². The molecular formula is C14H8FN3O3. The molecule has 21 heavy (non-hydrogen) atoms. The molecule has 3 aromatic rings. The van der Waals surface area contributed by atoms with Crippen molar-refractivity contribution < 1.29 is 13.7 Å². The minimum atomic E-state index is -0.645. The second kappa shape index (κ2) is 5.12. The molecule has 7 heteroatoms. The van der Waals surface area contributed by atoms with Crippen LogP contribution in [0.2, 0.25) is 0 Å². The summed E-state index contributed by atoms with van der Waals surface area (Å²) >= 11 is 0. The zero-order valence-corrected chi connectivity index (χ0v) is 10.6. The van der Waals surface area contributed by atoms with Crippen molar-refractivity contribution in [1.82, 2.24) is 9.97 Å². The first-order chi connectivity index (χ1) is 10.2. The molecule has 104 valence electrons. The van der Waals surface area contributed by atoms with E-state index >= 15 is 0 Å². The molecule has 1 aromatic carbocycles. The lowest BCUT2D eigenvalue weighted by Crippen LogP contribution is -1.92. The van der Waals surface area contributed by atoms with Gasteiger partial charge in [-0.3, -0.25) is 10.1 Å².